The monoisotopic (exact) mass is 246 g/mol. The fourth-order valence-corrected chi connectivity index (χ4v) is 3.55. The predicted octanol–water partition coefficient (Wildman–Crippen LogP) is 3.16. The highest BCUT2D eigenvalue weighted by atomic mass is 32.1. The summed E-state index contributed by atoms with van der Waals surface area (Å²) in [7, 11) is 0. The second-order valence-electron chi connectivity index (χ2n) is 5.25. The van der Waals surface area contributed by atoms with Crippen LogP contribution in [-0.4, -0.2) is 11.2 Å². The van der Waals surface area contributed by atoms with Crippen molar-refractivity contribution in [1.82, 2.24) is 5.32 Å². The molecule has 3 rings (SSSR count). The van der Waals surface area contributed by atoms with Crippen molar-refractivity contribution >= 4 is 23.0 Å². The summed E-state index contributed by atoms with van der Waals surface area (Å²) >= 11 is 5.37. The van der Waals surface area contributed by atoms with Crippen molar-refractivity contribution in [2.45, 2.75) is 31.7 Å². The first-order valence-corrected chi connectivity index (χ1v) is 6.84. The number of para-hydroxylation sites is 1. The molecule has 90 valence electrons. The summed E-state index contributed by atoms with van der Waals surface area (Å²) in [4.78, 5) is 0. The van der Waals surface area contributed by atoms with Gasteiger partial charge in [-0.1, -0.05) is 24.6 Å². The van der Waals surface area contributed by atoms with Crippen LogP contribution in [0.1, 0.15) is 25.7 Å². The molecule has 2 saturated carbocycles. The molecule has 2 bridgehead atoms. The minimum absolute atomic E-state index is 0.609. The fourth-order valence-electron chi connectivity index (χ4n) is 3.28. The molecule has 2 aliphatic carbocycles. The number of nitrogens with one attached hydrogen (secondary N) is 2. The topological polar surface area (TPSA) is 24.1 Å². The predicted molar refractivity (Wildman–Crippen MR) is 75.0 cm³/mol. The quantitative estimate of drug-likeness (QED) is 0.784. The van der Waals surface area contributed by atoms with Crippen LogP contribution in [-0.2, 0) is 0 Å². The Morgan fingerprint density at radius 2 is 1.94 bits per heavy atom. The second-order valence-corrected chi connectivity index (χ2v) is 5.65. The Morgan fingerprint density at radius 1 is 1.12 bits per heavy atom. The highest BCUT2D eigenvalue weighted by Crippen LogP contribution is 2.44. The van der Waals surface area contributed by atoms with Crippen molar-refractivity contribution in [3.63, 3.8) is 0 Å². The molecule has 0 aromatic heterocycles. The van der Waals surface area contributed by atoms with E-state index in [1.54, 1.807) is 0 Å². The van der Waals surface area contributed by atoms with Gasteiger partial charge in [-0.3, -0.25) is 0 Å². The second kappa shape index (κ2) is 4.65. The molecule has 0 unspecified atom stereocenters. The maximum absolute atomic E-state index is 5.37. The van der Waals surface area contributed by atoms with E-state index in [-0.39, 0.29) is 0 Å². The molecule has 3 atom stereocenters. The van der Waals surface area contributed by atoms with Gasteiger partial charge in [0.15, 0.2) is 5.11 Å². The van der Waals surface area contributed by atoms with E-state index in [9.17, 15) is 0 Å². The maximum atomic E-state index is 5.37. The van der Waals surface area contributed by atoms with E-state index in [1.165, 1.54) is 25.7 Å². The van der Waals surface area contributed by atoms with Crippen molar-refractivity contribution in [3.8, 4) is 0 Å². The molecule has 0 heterocycles. The van der Waals surface area contributed by atoms with Gasteiger partial charge < -0.3 is 10.6 Å². The number of anilines is 1. The third kappa shape index (κ3) is 2.44. The average Bonchev–Trinajstić information content (AvgIpc) is 2.92. The summed E-state index contributed by atoms with van der Waals surface area (Å²) in [5, 5.41) is 7.50. The van der Waals surface area contributed by atoms with Gasteiger partial charge in [0.25, 0.3) is 0 Å². The fraction of sp³-hybridized carbons (Fsp3) is 0.500. The molecule has 2 nitrogen and oxygen atoms in total. The van der Waals surface area contributed by atoms with Crippen molar-refractivity contribution < 1.29 is 0 Å². The lowest BCUT2D eigenvalue weighted by molar-refractivity contribution is 0.392. The van der Waals surface area contributed by atoms with Crippen molar-refractivity contribution in [1.29, 1.82) is 0 Å². The smallest absolute Gasteiger partial charge is 0.171 e. The number of benzene rings is 1. The van der Waals surface area contributed by atoms with Crippen LogP contribution in [0.4, 0.5) is 5.69 Å². The largest absolute Gasteiger partial charge is 0.359 e. The Balaban J connectivity index is 1.54. The Bertz CT molecular complexity index is 404. The molecule has 0 aliphatic heterocycles. The Kier molecular flexibility index (Phi) is 3.02. The summed E-state index contributed by atoms with van der Waals surface area (Å²) < 4.78 is 0. The van der Waals surface area contributed by atoms with E-state index in [1.807, 2.05) is 30.3 Å². The Hall–Kier alpha value is -1.09. The van der Waals surface area contributed by atoms with Crippen LogP contribution in [0, 0.1) is 11.8 Å². The van der Waals surface area contributed by atoms with Crippen LogP contribution in [0.15, 0.2) is 30.3 Å². The SMILES string of the molecule is S=C(Nc1ccccc1)N[C@@H]1C[C@H]2CC[C@H]1C2. The number of thiocarbonyl (C=S) groups is 1. The normalized spacial score (nSPS) is 30.2. The van der Waals surface area contributed by atoms with Gasteiger partial charge in [-0.2, -0.15) is 0 Å². The van der Waals surface area contributed by atoms with Gasteiger partial charge in [-0.05, 0) is 55.4 Å². The highest BCUT2D eigenvalue weighted by Gasteiger charge is 2.39. The van der Waals surface area contributed by atoms with Crippen molar-refractivity contribution in [3.05, 3.63) is 30.3 Å². The van der Waals surface area contributed by atoms with Gasteiger partial charge in [0.1, 0.15) is 0 Å². The third-order valence-electron chi connectivity index (χ3n) is 4.09. The molecule has 1 aromatic carbocycles. The average molecular weight is 246 g/mol. The zero-order valence-electron chi connectivity index (χ0n) is 9.86. The summed E-state index contributed by atoms with van der Waals surface area (Å²) in [6, 6.07) is 10.7. The van der Waals surface area contributed by atoms with Gasteiger partial charge in [-0.25, -0.2) is 0 Å². The first kappa shape index (κ1) is 11.0. The molecule has 0 saturated heterocycles. The van der Waals surface area contributed by atoms with E-state index < -0.39 is 0 Å². The molecule has 0 spiro atoms. The third-order valence-corrected chi connectivity index (χ3v) is 4.31. The summed E-state index contributed by atoms with van der Waals surface area (Å²) in [6.45, 7) is 0. The van der Waals surface area contributed by atoms with Gasteiger partial charge in [0, 0.05) is 11.7 Å². The number of rotatable bonds is 2. The van der Waals surface area contributed by atoms with E-state index >= 15 is 0 Å². The van der Waals surface area contributed by atoms with E-state index in [4.69, 9.17) is 12.2 Å². The van der Waals surface area contributed by atoms with E-state index in [0.29, 0.717) is 6.04 Å². The minimum atomic E-state index is 0.609. The van der Waals surface area contributed by atoms with Crippen LogP contribution in [0.25, 0.3) is 0 Å². The lowest BCUT2D eigenvalue weighted by Crippen LogP contribution is -2.40. The minimum Gasteiger partial charge on any atom is -0.359 e. The van der Waals surface area contributed by atoms with Gasteiger partial charge in [-0.15, -0.1) is 0 Å². The zero-order valence-corrected chi connectivity index (χ0v) is 10.7. The molecule has 17 heavy (non-hydrogen) atoms. The molecule has 1 aromatic rings. The van der Waals surface area contributed by atoms with Gasteiger partial charge in [0.05, 0.1) is 0 Å². The van der Waals surface area contributed by atoms with Crippen molar-refractivity contribution in [2.24, 2.45) is 11.8 Å². The molecule has 3 heteroatoms. The molecular formula is C14H18N2S. The summed E-state index contributed by atoms with van der Waals surface area (Å²) in [5.41, 5.74) is 1.06. The summed E-state index contributed by atoms with van der Waals surface area (Å²) in [6.07, 6.45) is 5.53. The highest BCUT2D eigenvalue weighted by molar-refractivity contribution is 7.80. The number of hydrogen-bond acceptors (Lipinski definition) is 1. The van der Waals surface area contributed by atoms with Crippen LogP contribution in [0.5, 0.6) is 0 Å². The van der Waals surface area contributed by atoms with Crippen LogP contribution >= 0.6 is 12.2 Å². The molecule has 0 amide bonds. The molecule has 0 radical (unpaired) electrons. The lowest BCUT2D eigenvalue weighted by Gasteiger charge is -2.24. The molecule has 2 aliphatic rings. The standard InChI is InChI=1S/C14H18N2S/c17-14(15-12-4-2-1-3-5-12)16-13-9-10-6-7-11(13)8-10/h1-5,10-11,13H,6-9H2,(H2,15,16,17)/t10-,11-,13+/m0/s1. The van der Waals surface area contributed by atoms with Gasteiger partial charge in [0.2, 0.25) is 0 Å². The number of fused-ring (bicyclic) bond motifs is 2. The van der Waals surface area contributed by atoms with E-state index in [2.05, 4.69) is 10.6 Å². The molecular weight excluding hydrogens is 228 g/mol. The van der Waals surface area contributed by atoms with Crippen molar-refractivity contribution in [2.75, 3.05) is 5.32 Å². The summed E-state index contributed by atoms with van der Waals surface area (Å²) in [5.74, 6) is 1.81. The van der Waals surface area contributed by atoms with E-state index in [0.717, 1.165) is 22.6 Å². The van der Waals surface area contributed by atoms with Crippen LogP contribution in [0.3, 0.4) is 0 Å². The first-order valence-electron chi connectivity index (χ1n) is 6.44. The number of hydrogen-bond donors (Lipinski definition) is 2. The van der Waals surface area contributed by atoms with Crippen LogP contribution in [0.2, 0.25) is 0 Å². The lowest BCUT2D eigenvalue weighted by atomic mass is 9.96. The van der Waals surface area contributed by atoms with Gasteiger partial charge >= 0.3 is 0 Å². The first-order chi connectivity index (χ1) is 8.31. The molecule has 2 fully saturated rings. The zero-order chi connectivity index (χ0) is 11.7. The molecule has 2 N–H and O–H groups in total. The Morgan fingerprint density at radius 3 is 2.59 bits per heavy atom. The Labute approximate surface area is 108 Å². The maximum Gasteiger partial charge on any atom is 0.171 e. The van der Waals surface area contributed by atoms with Crippen LogP contribution < -0.4 is 10.6 Å².